The molecule has 1 N–H and O–H groups in total. The van der Waals surface area contributed by atoms with E-state index in [0.717, 1.165) is 19.6 Å². The van der Waals surface area contributed by atoms with Gasteiger partial charge in [-0.05, 0) is 25.8 Å². The molecular formula is C11H25NO. The molecule has 13 heavy (non-hydrogen) atoms. The van der Waals surface area contributed by atoms with Crippen LogP contribution >= 0.6 is 0 Å². The Morgan fingerprint density at radius 2 is 1.77 bits per heavy atom. The van der Waals surface area contributed by atoms with Crippen LogP contribution in [0.25, 0.3) is 0 Å². The van der Waals surface area contributed by atoms with Gasteiger partial charge in [0.05, 0.1) is 6.10 Å². The lowest BCUT2D eigenvalue weighted by atomic mass is 9.97. The average molecular weight is 187 g/mol. The van der Waals surface area contributed by atoms with Crippen LogP contribution in [0.15, 0.2) is 0 Å². The van der Waals surface area contributed by atoms with Crippen LogP contribution in [0.2, 0.25) is 0 Å². The first-order valence-electron chi connectivity index (χ1n) is 5.52. The van der Waals surface area contributed by atoms with Gasteiger partial charge >= 0.3 is 0 Å². The van der Waals surface area contributed by atoms with Crippen molar-refractivity contribution in [2.45, 2.75) is 53.2 Å². The van der Waals surface area contributed by atoms with Gasteiger partial charge in [-0.1, -0.05) is 27.7 Å². The van der Waals surface area contributed by atoms with Crippen molar-refractivity contribution >= 4 is 0 Å². The van der Waals surface area contributed by atoms with E-state index in [4.69, 9.17) is 4.74 Å². The Kier molecular flexibility index (Phi) is 7.29. The van der Waals surface area contributed by atoms with Gasteiger partial charge in [0, 0.05) is 12.6 Å². The predicted molar refractivity (Wildman–Crippen MR) is 58.0 cm³/mol. The molecule has 0 fully saturated rings. The molecule has 0 aliphatic rings. The van der Waals surface area contributed by atoms with Crippen LogP contribution in [0.4, 0.5) is 0 Å². The fraction of sp³-hybridized carbons (Fsp3) is 1.00. The maximum absolute atomic E-state index is 5.75. The number of hydrogen-bond donors (Lipinski definition) is 1. The highest BCUT2D eigenvalue weighted by atomic mass is 16.5. The van der Waals surface area contributed by atoms with E-state index in [9.17, 15) is 0 Å². The molecule has 2 atom stereocenters. The van der Waals surface area contributed by atoms with Crippen molar-refractivity contribution in [3.63, 3.8) is 0 Å². The molecule has 2 heteroatoms. The lowest BCUT2D eigenvalue weighted by molar-refractivity contribution is 0.00301. The first-order chi connectivity index (χ1) is 6.17. The Labute approximate surface area is 83.1 Å². The monoisotopic (exact) mass is 187 g/mol. The molecule has 0 radical (unpaired) electrons. The molecule has 0 bridgehead atoms. The maximum Gasteiger partial charge on any atom is 0.0750 e. The van der Waals surface area contributed by atoms with Gasteiger partial charge in [-0.2, -0.15) is 0 Å². The molecular weight excluding hydrogens is 162 g/mol. The highest BCUT2D eigenvalue weighted by Crippen LogP contribution is 2.13. The number of ether oxygens (including phenoxy) is 1. The summed E-state index contributed by atoms with van der Waals surface area (Å²) in [5, 5.41) is 3.47. The van der Waals surface area contributed by atoms with Crippen LogP contribution < -0.4 is 5.32 Å². The van der Waals surface area contributed by atoms with Crippen LogP contribution in [0.3, 0.4) is 0 Å². The highest BCUT2D eigenvalue weighted by molar-refractivity contribution is 4.77. The Hall–Kier alpha value is -0.0800. The van der Waals surface area contributed by atoms with E-state index in [1.807, 2.05) is 0 Å². The minimum atomic E-state index is 0.356. The summed E-state index contributed by atoms with van der Waals surface area (Å²) in [7, 11) is 0. The third-order valence-corrected chi connectivity index (χ3v) is 2.32. The van der Waals surface area contributed by atoms with Crippen molar-refractivity contribution in [3.05, 3.63) is 0 Å². The van der Waals surface area contributed by atoms with Crippen LogP contribution in [-0.2, 0) is 4.74 Å². The minimum Gasteiger partial charge on any atom is -0.377 e. The molecule has 0 saturated carbocycles. The van der Waals surface area contributed by atoms with Crippen LogP contribution in [0, 0.1) is 5.92 Å². The molecule has 0 aromatic heterocycles. The second kappa shape index (κ2) is 7.34. The lowest BCUT2D eigenvalue weighted by Gasteiger charge is -2.29. The molecule has 0 aromatic carbocycles. The highest BCUT2D eigenvalue weighted by Gasteiger charge is 2.22. The zero-order chi connectivity index (χ0) is 10.3. The summed E-state index contributed by atoms with van der Waals surface area (Å²) in [6.45, 7) is 12.7. The van der Waals surface area contributed by atoms with Crippen LogP contribution in [0.1, 0.15) is 41.0 Å². The van der Waals surface area contributed by atoms with E-state index < -0.39 is 0 Å². The van der Waals surface area contributed by atoms with E-state index in [0.29, 0.717) is 18.1 Å². The summed E-state index contributed by atoms with van der Waals surface area (Å²) < 4.78 is 5.75. The molecule has 0 aliphatic carbocycles. The second-order valence-electron chi connectivity index (χ2n) is 3.74. The molecule has 2 unspecified atom stereocenters. The van der Waals surface area contributed by atoms with Crippen molar-refractivity contribution in [3.8, 4) is 0 Å². The first-order valence-corrected chi connectivity index (χ1v) is 5.52. The zero-order valence-electron chi connectivity index (χ0n) is 9.76. The van der Waals surface area contributed by atoms with Crippen molar-refractivity contribution in [1.29, 1.82) is 0 Å². The van der Waals surface area contributed by atoms with Gasteiger partial charge in [-0.25, -0.2) is 0 Å². The minimum absolute atomic E-state index is 0.356. The number of hydrogen-bond acceptors (Lipinski definition) is 2. The van der Waals surface area contributed by atoms with Gasteiger partial charge < -0.3 is 10.1 Å². The smallest absolute Gasteiger partial charge is 0.0750 e. The normalized spacial score (nSPS) is 16.2. The Bertz CT molecular complexity index is 115. The molecule has 0 amide bonds. The molecule has 80 valence electrons. The van der Waals surface area contributed by atoms with E-state index in [1.165, 1.54) is 0 Å². The summed E-state index contributed by atoms with van der Waals surface area (Å²) in [6, 6.07) is 0.505. The second-order valence-corrected chi connectivity index (χ2v) is 3.74. The Morgan fingerprint density at radius 3 is 2.08 bits per heavy atom. The van der Waals surface area contributed by atoms with E-state index >= 15 is 0 Å². The molecule has 2 nitrogen and oxygen atoms in total. The van der Waals surface area contributed by atoms with Crippen molar-refractivity contribution in [2.24, 2.45) is 5.92 Å². The Balaban J connectivity index is 4.11. The number of nitrogens with one attached hydrogen (secondary N) is 1. The van der Waals surface area contributed by atoms with E-state index in [-0.39, 0.29) is 0 Å². The standard InChI is InChI=1S/C11H25NO/c1-6-10(12-7-2)11(9(4)5)13-8-3/h9-12H,6-8H2,1-5H3. The van der Waals surface area contributed by atoms with Gasteiger partial charge in [0.25, 0.3) is 0 Å². The fourth-order valence-corrected chi connectivity index (χ4v) is 1.72. The summed E-state index contributed by atoms with van der Waals surface area (Å²) in [6.07, 6.45) is 1.49. The average Bonchev–Trinajstić information content (AvgIpc) is 2.10. The van der Waals surface area contributed by atoms with Crippen LogP contribution in [0.5, 0.6) is 0 Å². The molecule has 0 spiro atoms. The lowest BCUT2D eigenvalue weighted by Crippen LogP contribution is -2.43. The SMILES string of the molecule is CCNC(CC)C(OCC)C(C)C. The van der Waals surface area contributed by atoms with E-state index in [1.54, 1.807) is 0 Å². The number of likely N-dealkylation sites (N-methyl/N-ethyl adjacent to an activating group) is 1. The quantitative estimate of drug-likeness (QED) is 0.661. The van der Waals surface area contributed by atoms with E-state index in [2.05, 4.69) is 39.9 Å². The summed E-state index contributed by atoms with van der Waals surface area (Å²) in [4.78, 5) is 0. The van der Waals surface area contributed by atoms with Gasteiger partial charge in [-0.3, -0.25) is 0 Å². The third kappa shape index (κ3) is 4.63. The third-order valence-electron chi connectivity index (χ3n) is 2.32. The molecule has 0 aromatic rings. The zero-order valence-corrected chi connectivity index (χ0v) is 9.76. The fourth-order valence-electron chi connectivity index (χ4n) is 1.72. The molecule has 0 saturated heterocycles. The molecule has 0 heterocycles. The van der Waals surface area contributed by atoms with Gasteiger partial charge in [0.2, 0.25) is 0 Å². The number of rotatable bonds is 7. The van der Waals surface area contributed by atoms with Gasteiger partial charge in [-0.15, -0.1) is 0 Å². The maximum atomic E-state index is 5.75. The molecule has 0 rings (SSSR count). The first kappa shape index (κ1) is 12.9. The van der Waals surface area contributed by atoms with Crippen LogP contribution in [-0.4, -0.2) is 25.3 Å². The molecule has 0 aliphatic heterocycles. The van der Waals surface area contributed by atoms with Crippen molar-refractivity contribution < 1.29 is 4.74 Å². The Morgan fingerprint density at radius 1 is 1.15 bits per heavy atom. The topological polar surface area (TPSA) is 21.3 Å². The van der Waals surface area contributed by atoms with Crippen molar-refractivity contribution in [1.82, 2.24) is 5.32 Å². The largest absolute Gasteiger partial charge is 0.377 e. The predicted octanol–water partition coefficient (Wildman–Crippen LogP) is 2.44. The summed E-state index contributed by atoms with van der Waals surface area (Å²) in [5.74, 6) is 0.587. The van der Waals surface area contributed by atoms with Gasteiger partial charge in [0.1, 0.15) is 0 Å². The summed E-state index contributed by atoms with van der Waals surface area (Å²) in [5.41, 5.74) is 0. The van der Waals surface area contributed by atoms with Gasteiger partial charge in [0.15, 0.2) is 0 Å². The summed E-state index contributed by atoms with van der Waals surface area (Å²) >= 11 is 0. The van der Waals surface area contributed by atoms with Crippen molar-refractivity contribution in [2.75, 3.05) is 13.2 Å².